The number of hydrogen-bond donors (Lipinski definition) is 0. The van der Waals surface area contributed by atoms with Crippen LogP contribution in [0.4, 0.5) is 5.69 Å². The quantitative estimate of drug-likeness (QED) is 0.762. The average molecular weight is 251 g/mol. The van der Waals surface area contributed by atoms with E-state index >= 15 is 0 Å². The standard InChI is InChI=1S/C14H19ClN2/c15-11-12-1-3-13(4-2-12)16-7-9-17(10-8-16)14-5-6-14/h1-4,14H,5-11H2. The molecule has 0 amide bonds. The Hall–Kier alpha value is -0.730. The van der Waals surface area contributed by atoms with Crippen LogP contribution in [0.25, 0.3) is 0 Å². The van der Waals surface area contributed by atoms with Crippen molar-refractivity contribution in [1.29, 1.82) is 0 Å². The van der Waals surface area contributed by atoms with Gasteiger partial charge in [-0.3, -0.25) is 4.90 Å². The zero-order valence-electron chi connectivity index (χ0n) is 10.1. The molecule has 1 aromatic carbocycles. The fourth-order valence-corrected chi connectivity index (χ4v) is 2.76. The topological polar surface area (TPSA) is 6.48 Å². The Morgan fingerprint density at radius 3 is 2.18 bits per heavy atom. The van der Waals surface area contributed by atoms with E-state index < -0.39 is 0 Å². The number of rotatable bonds is 3. The highest BCUT2D eigenvalue weighted by atomic mass is 35.5. The molecule has 0 aromatic heterocycles. The first-order valence-corrected chi connectivity index (χ1v) is 7.04. The number of halogens is 1. The van der Waals surface area contributed by atoms with Gasteiger partial charge in [-0.25, -0.2) is 0 Å². The minimum atomic E-state index is 0.607. The van der Waals surface area contributed by atoms with E-state index in [4.69, 9.17) is 11.6 Å². The van der Waals surface area contributed by atoms with E-state index in [-0.39, 0.29) is 0 Å². The van der Waals surface area contributed by atoms with Crippen LogP contribution in [0.5, 0.6) is 0 Å². The second-order valence-corrected chi connectivity index (χ2v) is 5.32. The van der Waals surface area contributed by atoms with Gasteiger partial charge in [0.2, 0.25) is 0 Å². The molecule has 3 rings (SSSR count). The summed E-state index contributed by atoms with van der Waals surface area (Å²) in [6, 6.07) is 9.58. The van der Waals surface area contributed by atoms with Crippen molar-refractivity contribution in [3.05, 3.63) is 29.8 Å². The van der Waals surface area contributed by atoms with Crippen molar-refractivity contribution in [2.75, 3.05) is 31.1 Å². The lowest BCUT2D eigenvalue weighted by molar-refractivity contribution is 0.248. The fourth-order valence-electron chi connectivity index (χ4n) is 2.58. The summed E-state index contributed by atoms with van der Waals surface area (Å²) >= 11 is 5.81. The van der Waals surface area contributed by atoms with Crippen molar-refractivity contribution in [1.82, 2.24) is 4.90 Å². The molecule has 0 spiro atoms. The Morgan fingerprint density at radius 1 is 1.00 bits per heavy atom. The summed E-state index contributed by atoms with van der Waals surface area (Å²) in [5, 5.41) is 0. The minimum absolute atomic E-state index is 0.607. The molecular formula is C14H19ClN2. The maximum atomic E-state index is 5.81. The average Bonchev–Trinajstić information content (AvgIpc) is 3.24. The number of nitrogens with zero attached hydrogens (tertiary/aromatic N) is 2. The van der Waals surface area contributed by atoms with Crippen molar-refractivity contribution in [3.8, 4) is 0 Å². The molecule has 0 radical (unpaired) electrons. The number of alkyl halides is 1. The van der Waals surface area contributed by atoms with Gasteiger partial charge in [0.25, 0.3) is 0 Å². The Bertz CT molecular complexity index is 364. The molecule has 1 heterocycles. The van der Waals surface area contributed by atoms with Crippen LogP contribution in [0.15, 0.2) is 24.3 Å². The van der Waals surface area contributed by atoms with Gasteiger partial charge >= 0.3 is 0 Å². The molecule has 2 nitrogen and oxygen atoms in total. The molecule has 1 saturated heterocycles. The summed E-state index contributed by atoms with van der Waals surface area (Å²) in [6.07, 6.45) is 2.84. The van der Waals surface area contributed by atoms with Crippen LogP contribution in [0.1, 0.15) is 18.4 Å². The lowest BCUT2D eigenvalue weighted by Gasteiger charge is -2.36. The van der Waals surface area contributed by atoms with E-state index in [1.54, 1.807) is 0 Å². The first-order valence-electron chi connectivity index (χ1n) is 6.51. The van der Waals surface area contributed by atoms with Gasteiger partial charge in [0.15, 0.2) is 0 Å². The zero-order valence-corrected chi connectivity index (χ0v) is 10.9. The highest BCUT2D eigenvalue weighted by Crippen LogP contribution is 2.28. The Kier molecular flexibility index (Phi) is 3.26. The monoisotopic (exact) mass is 250 g/mol. The normalized spacial score (nSPS) is 21.8. The second kappa shape index (κ2) is 4.87. The van der Waals surface area contributed by atoms with Crippen molar-refractivity contribution in [3.63, 3.8) is 0 Å². The van der Waals surface area contributed by atoms with Crippen molar-refractivity contribution in [2.45, 2.75) is 24.8 Å². The van der Waals surface area contributed by atoms with E-state index in [0.29, 0.717) is 5.88 Å². The SMILES string of the molecule is ClCc1ccc(N2CCN(C3CC3)CC2)cc1. The first kappa shape index (κ1) is 11.4. The van der Waals surface area contributed by atoms with Crippen molar-refractivity contribution < 1.29 is 0 Å². The third-order valence-corrected chi connectivity index (χ3v) is 4.14. The highest BCUT2D eigenvalue weighted by Gasteiger charge is 2.31. The van der Waals surface area contributed by atoms with E-state index in [1.165, 1.54) is 37.2 Å². The number of benzene rings is 1. The fraction of sp³-hybridized carbons (Fsp3) is 0.571. The summed E-state index contributed by atoms with van der Waals surface area (Å²) < 4.78 is 0. The van der Waals surface area contributed by atoms with E-state index in [2.05, 4.69) is 34.1 Å². The molecule has 0 N–H and O–H groups in total. The van der Waals surface area contributed by atoms with Crippen LogP contribution in [-0.4, -0.2) is 37.1 Å². The van der Waals surface area contributed by atoms with Gasteiger partial charge in [-0.1, -0.05) is 12.1 Å². The predicted molar refractivity (Wildman–Crippen MR) is 72.8 cm³/mol. The summed E-state index contributed by atoms with van der Waals surface area (Å²) in [5.74, 6) is 0.607. The van der Waals surface area contributed by atoms with Crippen LogP contribution < -0.4 is 4.90 Å². The molecule has 1 aliphatic heterocycles. The summed E-state index contributed by atoms with van der Waals surface area (Å²) in [5.41, 5.74) is 2.54. The molecule has 17 heavy (non-hydrogen) atoms. The third-order valence-electron chi connectivity index (χ3n) is 3.83. The predicted octanol–water partition coefficient (Wildman–Crippen LogP) is 2.71. The Balaban J connectivity index is 1.60. The van der Waals surface area contributed by atoms with Crippen LogP contribution in [-0.2, 0) is 5.88 Å². The molecule has 3 heteroatoms. The molecule has 2 fully saturated rings. The van der Waals surface area contributed by atoms with Gasteiger partial charge in [-0.15, -0.1) is 11.6 Å². The smallest absolute Gasteiger partial charge is 0.0474 e. The summed E-state index contributed by atoms with van der Waals surface area (Å²) in [7, 11) is 0. The van der Waals surface area contributed by atoms with Crippen LogP contribution in [0.3, 0.4) is 0 Å². The van der Waals surface area contributed by atoms with Crippen LogP contribution in [0, 0.1) is 0 Å². The van der Waals surface area contributed by atoms with Gasteiger partial charge in [0, 0.05) is 43.8 Å². The van der Waals surface area contributed by atoms with E-state index in [0.717, 1.165) is 19.1 Å². The third kappa shape index (κ3) is 2.58. The highest BCUT2D eigenvalue weighted by molar-refractivity contribution is 6.17. The van der Waals surface area contributed by atoms with E-state index in [9.17, 15) is 0 Å². The number of anilines is 1. The maximum Gasteiger partial charge on any atom is 0.0474 e. The molecule has 1 aliphatic carbocycles. The molecule has 1 saturated carbocycles. The van der Waals surface area contributed by atoms with Gasteiger partial charge < -0.3 is 4.90 Å². The molecule has 0 bridgehead atoms. The number of hydrogen-bond acceptors (Lipinski definition) is 2. The van der Waals surface area contributed by atoms with Gasteiger partial charge in [0.05, 0.1) is 0 Å². The second-order valence-electron chi connectivity index (χ2n) is 5.05. The Morgan fingerprint density at radius 2 is 1.65 bits per heavy atom. The van der Waals surface area contributed by atoms with E-state index in [1.807, 2.05) is 0 Å². The molecule has 0 unspecified atom stereocenters. The largest absolute Gasteiger partial charge is 0.369 e. The molecule has 0 atom stereocenters. The first-order chi connectivity index (χ1) is 8.36. The van der Waals surface area contributed by atoms with Gasteiger partial charge in [-0.05, 0) is 30.5 Å². The minimum Gasteiger partial charge on any atom is -0.369 e. The van der Waals surface area contributed by atoms with Crippen molar-refractivity contribution in [2.24, 2.45) is 0 Å². The Labute approximate surface area is 108 Å². The lowest BCUT2D eigenvalue weighted by atomic mass is 10.2. The number of piperazine rings is 1. The molecule has 2 aliphatic rings. The van der Waals surface area contributed by atoms with Gasteiger partial charge in [-0.2, -0.15) is 0 Å². The van der Waals surface area contributed by atoms with Crippen LogP contribution in [0.2, 0.25) is 0 Å². The van der Waals surface area contributed by atoms with Crippen molar-refractivity contribution >= 4 is 17.3 Å². The summed E-state index contributed by atoms with van der Waals surface area (Å²) in [6.45, 7) is 4.78. The maximum absolute atomic E-state index is 5.81. The molecular weight excluding hydrogens is 232 g/mol. The van der Waals surface area contributed by atoms with Gasteiger partial charge in [0.1, 0.15) is 0 Å². The zero-order chi connectivity index (χ0) is 11.7. The molecule has 92 valence electrons. The van der Waals surface area contributed by atoms with Crippen LogP contribution >= 0.6 is 11.6 Å². The lowest BCUT2D eigenvalue weighted by Crippen LogP contribution is -2.47. The summed E-state index contributed by atoms with van der Waals surface area (Å²) in [4.78, 5) is 5.13. The molecule has 1 aromatic rings.